The van der Waals surface area contributed by atoms with E-state index in [1.165, 1.54) is 0 Å². The van der Waals surface area contributed by atoms with Crippen LogP contribution in [0, 0.1) is 5.92 Å². The number of oxazole rings is 1. The molecule has 1 N–H and O–H groups in total. The molecule has 5 heteroatoms. The Balaban J connectivity index is 1.36. The topological polar surface area (TPSA) is 72.6 Å². The van der Waals surface area contributed by atoms with Crippen molar-refractivity contribution in [1.29, 1.82) is 0 Å². The van der Waals surface area contributed by atoms with Gasteiger partial charge in [-0.25, -0.2) is 4.98 Å². The van der Waals surface area contributed by atoms with Gasteiger partial charge in [0.2, 0.25) is 5.89 Å². The molecule has 0 radical (unpaired) electrons. The predicted octanol–water partition coefficient (Wildman–Crippen LogP) is 5.56. The molecule has 5 nitrogen and oxygen atoms in total. The van der Waals surface area contributed by atoms with E-state index in [1.807, 2.05) is 48.5 Å². The van der Waals surface area contributed by atoms with E-state index in [0.717, 1.165) is 22.3 Å². The molecule has 0 amide bonds. The summed E-state index contributed by atoms with van der Waals surface area (Å²) >= 11 is 0. The molecule has 0 aliphatic carbocycles. The Kier molecular flexibility index (Phi) is 5.00. The summed E-state index contributed by atoms with van der Waals surface area (Å²) in [5.41, 5.74) is 4.69. The highest BCUT2D eigenvalue weighted by Gasteiger charge is 2.38. The minimum Gasteiger partial charge on any atom is -0.508 e. The normalized spacial score (nSPS) is 18.1. The van der Waals surface area contributed by atoms with Gasteiger partial charge >= 0.3 is 5.97 Å². The fraction of sp³-hybridized carbons (Fsp3) is 0.154. The second-order valence-corrected chi connectivity index (χ2v) is 7.77. The third kappa shape index (κ3) is 4.08. The number of esters is 1. The van der Waals surface area contributed by atoms with Crippen molar-refractivity contribution in [3.8, 4) is 28.3 Å². The Morgan fingerprint density at radius 2 is 1.65 bits per heavy atom. The molecule has 3 aromatic carbocycles. The number of rotatable bonds is 5. The van der Waals surface area contributed by atoms with Crippen LogP contribution in [-0.4, -0.2) is 16.1 Å². The van der Waals surface area contributed by atoms with Gasteiger partial charge in [0.15, 0.2) is 6.10 Å². The van der Waals surface area contributed by atoms with Gasteiger partial charge in [-0.15, -0.1) is 0 Å². The summed E-state index contributed by atoms with van der Waals surface area (Å²) in [5, 5.41) is 9.72. The first-order valence-corrected chi connectivity index (χ1v) is 10.2. The lowest BCUT2D eigenvalue weighted by Gasteiger charge is -2.15. The van der Waals surface area contributed by atoms with Gasteiger partial charge in [-0.1, -0.05) is 54.6 Å². The monoisotopic (exact) mass is 411 g/mol. The summed E-state index contributed by atoms with van der Waals surface area (Å²) in [7, 11) is 0. The van der Waals surface area contributed by atoms with Crippen molar-refractivity contribution in [2.75, 3.05) is 0 Å². The highest BCUT2D eigenvalue weighted by molar-refractivity contribution is 5.72. The van der Waals surface area contributed by atoms with Crippen molar-refractivity contribution in [3.05, 3.63) is 96.4 Å². The third-order valence-electron chi connectivity index (χ3n) is 5.58. The number of aromatic nitrogens is 1. The number of hydrogen-bond donors (Lipinski definition) is 1. The number of phenols is 1. The number of carbonyl (C=O) groups excluding carboxylic acids is 1. The average molecular weight is 411 g/mol. The molecule has 1 saturated heterocycles. The van der Waals surface area contributed by atoms with E-state index in [9.17, 15) is 9.90 Å². The van der Waals surface area contributed by atoms with Crippen LogP contribution in [0.15, 0.2) is 89.5 Å². The smallest absolute Gasteiger partial charge is 0.306 e. The number of hydrogen-bond acceptors (Lipinski definition) is 5. The van der Waals surface area contributed by atoms with E-state index < -0.39 is 6.10 Å². The highest BCUT2D eigenvalue weighted by Crippen LogP contribution is 2.38. The van der Waals surface area contributed by atoms with Gasteiger partial charge in [-0.2, -0.15) is 0 Å². The number of cyclic esters (lactones) is 1. The molecule has 2 heterocycles. The van der Waals surface area contributed by atoms with Crippen LogP contribution in [-0.2, 0) is 16.0 Å². The van der Waals surface area contributed by atoms with Crippen LogP contribution in [0.5, 0.6) is 5.75 Å². The van der Waals surface area contributed by atoms with Crippen molar-refractivity contribution in [1.82, 2.24) is 4.98 Å². The van der Waals surface area contributed by atoms with Crippen LogP contribution in [0.25, 0.3) is 22.6 Å². The first-order chi connectivity index (χ1) is 15.2. The molecular weight excluding hydrogens is 390 g/mol. The Morgan fingerprint density at radius 3 is 2.42 bits per heavy atom. The second-order valence-electron chi connectivity index (χ2n) is 7.77. The maximum absolute atomic E-state index is 12.0. The van der Waals surface area contributed by atoms with Gasteiger partial charge in [0.1, 0.15) is 17.7 Å². The minimum absolute atomic E-state index is 0.0623. The first kappa shape index (κ1) is 19.1. The SMILES string of the molecule is O=C1CC(Cc2cccc(O)c2)C(c2coc(-c3ccc(-c4ccccc4)cc3)n2)O1. The molecular formula is C26H21NO4. The fourth-order valence-electron chi connectivity index (χ4n) is 4.06. The number of ether oxygens (including phenoxy) is 1. The van der Waals surface area contributed by atoms with Crippen LogP contribution >= 0.6 is 0 Å². The molecule has 0 bridgehead atoms. The lowest BCUT2D eigenvalue weighted by molar-refractivity contribution is -0.141. The number of carbonyl (C=O) groups is 1. The molecule has 154 valence electrons. The van der Waals surface area contributed by atoms with Crippen LogP contribution in [0.2, 0.25) is 0 Å². The molecule has 2 unspecified atom stereocenters. The number of phenolic OH excluding ortho intramolecular Hbond substituents is 1. The summed E-state index contributed by atoms with van der Waals surface area (Å²) in [6, 6.07) is 25.3. The second kappa shape index (κ2) is 8.11. The zero-order valence-electron chi connectivity index (χ0n) is 16.8. The predicted molar refractivity (Wildman–Crippen MR) is 116 cm³/mol. The highest BCUT2D eigenvalue weighted by atomic mass is 16.6. The van der Waals surface area contributed by atoms with Crippen molar-refractivity contribution >= 4 is 5.97 Å². The van der Waals surface area contributed by atoms with Gasteiger partial charge < -0.3 is 14.3 Å². The van der Waals surface area contributed by atoms with E-state index in [1.54, 1.807) is 24.5 Å². The minimum atomic E-state index is -0.462. The molecule has 2 atom stereocenters. The van der Waals surface area contributed by atoms with Gasteiger partial charge in [0.05, 0.1) is 6.42 Å². The largest absolute Gasteiger partial charge is 0.508 e. The van der Waals surface area contributed by atoms with Crippen LogP contribution in [0.4, 0.5) is 0 Å². The van der Waals surface area contributed by atoms with E-state index in [-0.39, 0.29) is 17.6 Å². The number of aromatic hydroxyl groups is 1. The van der Waals surface area contributed by atoms with E-state index in [4.69, 9.17) is 9.15 Å². The lowest BCUT2D eigenvalue weighted by Crippen LogP contribution is -2.11. The van der Waals surface area contributed by atoms with E-state index >= 15 is 0 Å². The third-order valence-corrected chi connectivity index (χ3v) is 5.58. The summed E-state index contributed by atoms with van der Waals surface area (Å²) in [6.07, 6.45) is 2.03. The zero-order chi connectivity index (χ0) is 21.2. The van der Waals surface area contributed by atoms with Crippen molar-refractivity contribution < 1.29 is 19.1 Å². The van der Waals surface area contributed by atoms with Gasteiger partial charge in [-0.05, 0) is 47.4 Å². The molecule has 1 aliphatic heterocycles. The quantitative estimate of drug-likeness (QED) is 0.435. The van der Waals surface area contributed by atoms with Gasteiger partial charge in [-0.3, -0.25) is 4.79 Å². The molecule has 0 saturated carbocycles. The zero-order valence-corrected chi connectivity index (χ0v) is 16.8. The summed E-state index contributed by atoms with van der Waals surface area (Å²) < 4.78 is 11.3. The molecule has 1 fully saturated rings. The molecule has 5 rings (SSSR count). The van der Waals surface area contributed by atoms with Crippen molar-refractivity contribution in [2.24, 2.45) is 5.92 Å². The van der Waals surface area contributed by atoms with Crippen LogP contribution in [0.3, 0.4) is 0 Å². The molecule has 31 heavy (non-hydrogen) atoms. The number of nitrogens with zero attached hydrogens (tertiary/aromatic N) is 1. The maximum atomic E-state index is 12.0. The van der Waals surface area contributed by atoms with E-state index in [2.05, 4.69) is 17.1 Å². The average Bonchev–Trinajstić information content (AvgIpc) is 3.41. The summed E-state index contributed by atoms with van der Waals surface area (Å²) in [6.45, 7) is 0. The maximum Gasteiger partial charge on any atom is 0.306 e. The first-order valence-electron chi connectivity index (χ1n) is 10.2. The Hall–Kier alpha value is -3.86. The lowest BCUT2D eigenvalue weighted by atomic mass is 9.91. The Morgan fingerprint density at radius 1 is 0.903 bits per heavy atom. The molecule has 1 aliphatic rings. The van der Waals surface area contributed by atoms with Crippen LogP contribution in [0.1, 0.15) is 23.8 Å². The summed E-state index contributed by atoms with van der Waals surface area (Å²) in [5.74, 6) is 0.398. The van der Waals surface area contributed by atoms with Crippen molar-refractivity contribution in [3.63, 3.8) is 0 Å². The standard InChI is InChI=1S/C26H21NO4/c28-22-8-4-5-17(14-22)13-21-15-24(29)31-25(21)23-16-30-26(27-23)20-11-9-19(10-12-20)18-6-2-1-3-7-18/h1-12,14,16,21,25,28H,13,15H2. The molecule has 4 aromatic rings. The van der Waals surface area contributed by atoms with Crippen molar-refractivity contribution in [2.45, 2.75) is 18.9 Å². The Bertz CT molecular complexity index is 1200. The Labute approximate surface area is 180 Å². The molecule has 1 aromatic heterocycles. The van der Waals surface area contributed by atoms with Gasteiger partial charge in [0, 0.05) is 11.5 Å². The summed E-state index contributed by atoms with van der Waals surface area (Å²) in [4.78, 5) is 16.6. The van der Waals surface area contributed by atoms with Gasteiger partial charge in [0.25, 0.3) is 0 Å². The number of benzene rings is 3. The van der Waals surface area contributed by atoms with E-state index in [0.29, 0.717) is 24.4 Å². The fourth-order valence-corrected chi connectivity index (χ4v) is 4.06. The van der Waals surface area contributed by atoms with Crippen LogP contribution < -0.4 is 0 Å². The molecule has 0 spiro atoms.